The molecule has 0 amide bonds. The molecular formula is C21H23NO7S. The van der Waals surface area contributed by atoms with Crippen LogP contribution in [0.3, 0.4) is 0 Å². The molecule has 2 aromatic carbocycles. The Hall–Kier alpha value is -2.91. The summed E-state index contributed by atoms with van der Waals surface area (Å²) in [5, 5.41) is 21.1. The maximum Gasteiger partial charge on any atom is 0.336 e. The van der Waals surface area contributed by atoms with Crippen LogP contribution >= 0.6 is 11.8 Å². The van der Waals surface area contributed by atoms with Crippen molar-refractivity contribution < 1.29 is 29.1 Å². The molecule has 0 aliphatic heterocycles. The number of nitro groups is 1. The summed E-state index contributed by atoms with van der Waals surface area (Å²) in [6.07, 6.45) is -0.733. The van der Waals surface area contributed by atoms with Gasteiger partial charge in [0.1, 0.15) is 5.75 Å². The molecule has 30 heavy (non-hydrogen) atoms. The first kappa shape index (κ1) is 23.4. The minimum Gasteiger partial charge on any atom is -0.464 e. The van der Waals surface area contributed by atoms with Crippen LogP contribution in [0.2, 0.25) is 0 Å². The van der Waals surface area contributed by atoms with E-state index in [9.17, 15) is 24.8 Å². The summed E-state index contributed by atoms with van der Waals surface area (Å²) in [6, 6.07) is 12.4. The van der Waals surface area contributed by atoms with Gasteiger partial charge in [0.05, 0.1) is 21.7 Å². The molecule has 160 valence electrons. The first-order valence-electron chi connectivity index (χ1n) is 9.42. The molecule has 0 fully saturated rings. The second-order valence-electron chi connectivity index (χ2n) is 6.27. The van der Waals surface area contributed by atoms with Gasteiger partial charge < -0.3 is 14.6 Å². The number of thioether (sulfide) groups is 1. The van der Waals surface area contributed by atoms with Crippen LogP contribution in [-0.2, 0) is 14.3 Å². The molecule has 0 aliphatic rings. The van der Waals surface area contributed by atoms with Gasteiger partial charge in [-0.1, -0.05) is 38.1 Å². The summed E-state index contributed by atoms with van der Waals surface area (Å²) in [5.74, 6) is -0.880. The van der Waals surface area contributed by atoms with Crippen LogP contribution in [0.1, 0.15) is 37.5 Å². The van der Waals surface area contributed by atoms with Crippen molar-refractivity contribution in [2.24, 2.45) is 0 Å². The molecular weight excluding hydrogens is 410 g/mol. The van der Waals surface area contributed by atoms with Crippen molar-refractivity contribution >= 4 is 29.4 Å². The summed E-state index contributed by atoms with van der Waals surface area (Å²) in [4.78, 5) is 34.9. The minimum absolute atomic E-state index is 0.130. The van der Waals surface area contributed by atoms with E-state index in [4.69, 9.17) is 9.47 Å². The van der Waals surface area contributed by atoms with Gasteiger partial charge in [0.25, 0.3) is 5.69 Å². The number of carbonyl (C=O) groups is 2. The van der Waals surface area contributed by atoms with Gasteiger partial charge >= 0.3 is 11.9 Å². The lowest BCUT2D eigenvalue weighted by Crippen LogP contribution is -2.28. The van der Waals surface area contributed by atoms with Crippen LogP contribution in [-0.4, -0.2) is 34.7 Å². The van der Waals surface area contributed by atoms with Gasteiger partial charge in [0.15, 0.2) is 6.10 Å². The molecule has 0 saturated carbocycles. The third-order valence-corrected chi connectivity index (χ3v) is 5.40. The SMILES string of the molecule is CCCOC(=O)[C@H](O)[C@@H](Sc1ccccc1[N+](=O)[O-])c1ccc(OC(=O)CC)cc1. The molecule has 0 bridgehead atoms. The normalized spacial score (nSPS) is 12.6. The van der Waals surface area contributed by atoms with Gasteiger partial charge in [0, 0.05) is 12.5 Å². The Morgan fingerprint density at radius 1 is 1.13 bits per heavy atom. The maximum absolute atomic E-state index is 12.3. The van der Waals surface area contributed by atoms with Crippen molar-refractivity contribution in [2.45, 2.75) is 42.9 Å². The predicted octanol–water partition coefficient (Wildman–Crippen LogP) is 4.06. The summed E-state index contributed by atoms with van der Waals surface area (Å²) in [7, 11) is 0. The molecule has 0 saturated heterocycles. The zero-order valence-corrected chi connectivity index (χ0v) is 17.5. The first-order chi connectivity index (χ1) is 14.4. The van der Waals surface area contributed by atoms with E-state index in [-0.39, 0.29) is 18.7 Å². The van der Waals surface area contributed by atoms with Gasteiger partial charge in [-0.15, -0.1) is 11.8 Å². The molecule has 2 aromatic rings. The van der Waals surface area contributed by atoms with Crippen LogP contribution < -0.4 is 4.74 Å². The lowest BCUT2D eigenvalue weighted by molar-refractivity contribution is -0.387. The average Bonchev–Trinajstić information content (AvgIpc) is 2.76. The molecule has 0 radical (unpaired) electrons. The number of nitrogens with zero attached hydrogens (tertiary/aromatic N) is 1. The highest BCUT2D eigenvalue weighted by Gasteiger charge is 2.32. The van der Waals surface area contributed by atoms with Gasteiger partial charge in [-0.2, -0.15) is 0 Å². The minimum atomic E-state index is -1.55. The third-order valence-electron chi connectivity index (χ3n) is 4.02. The Labute approximate surface area is 178 Å². The van der Waals surface area contributed by atoms with Crippen LogP contribution in [0, 0.1) is 10.1 Å². The van der Waals surface area contributed by atoms with Gasteiger partial charge in [0.2, 0.25) is 0 Å². The van der Waals surface area contributed by atoms with E-state index in [1.54, 1.807) is 49.4 Å². The number of hydrogen-bond donors (Lipinski definition) is 1. The molecule has 2 rings (SSSR count). The fourth-order valence-electron chi connectivity index (χ4n) is 2.50. The molecule has 9 heteroatoms. The number of aliphatic hydroxyl groups excluding tert-OH is 1. The lowest BCUT2D eigenvalue weighted by atomic mass is 10.1. The number of esters is 2. The zero-order chi connectivity index (χ0) is 22.1. The Kier molecular flexibility index (Phi) is 8.82. The number of nitro benzene ring substituents is 1. The van der Waals surface area contributed by atoms with E-state index >= 15 is 0 Å². The molecule has 0 heterocycles. The Balaban J connectivity index is 2.35. The predicted molar refractivity (Wildman–Crippen MR) is 111 cm³/mol. The summed E-state index contributed by atoms with van der Waals surface area (Å²) in [5.41, 5.74) is 0.394. The van der Waals surface area contributed by atoms with Gasteiger partial charge in [-0.3, -0.25) is 14.9 Å². The molecule has 0 aromatic heterocycles. The fourth-order valence-corrected chi connectivity index (χ4v) is 3.73. The third kappa shape index (κ3) is 6.30. The summed E-state index contributed by atoms with van der Waals surface area (Å²) in [6.45, 7) is 3.66. The molecule has 0 spiro atoms. The Bertz CT molecular complexity index is 885. The van der Waals surface area contributed by atoms with E-state index < -0.39 is 28.2 Å². The number of hydrogen-bond acceptors (Lipinski definition) is 8. The number of ether oxygens (including phenoxy) is 2. The lowest BCUT2D eigenvalue weighted by Gasteiger charge is -2.22. The summed E-state index contributed by atoms with van der Waals surface area (Å²) < 4.78 is 10.2. The second kappa shape index (κ2) is 11.3. The van der Waals surface area contributed by atoms with Crippen molar-refractivity contribution in [1.29, 1.82) is 0 Å². The van der Waals surface area contributed by atoms with E-state index in [1.165, 1.54) is 6.07 Å². The van der Waals surface area contributed by atoms with Gasteiger partial charge in [-0.05, 0) is 30.2 Å². The van der Waals surface area contributed by atoms with Crippen molar-refractivity contribution in [3.63, 3.8) is 0 Å². The highest BCUT2D eigenvalue weighted by molar-refractivity contribution is 7.99. The topological polar surface area (TPSA) is 116 Å². The smallest absolute Gasteiger partial charge is 0.336 e. The number of para-hydroxylation sites is 1. The highest BCUT2D eigenvalue weighted by Crippen LogP contribution is 2.42. The molecule has 0 aliphatic carbocycles. The van der Waals surface area contributed by atoms with E-state index in [0.29, 0.717) is 22.6 Å². The molecule has 0 unspecified atom stereocenters. The Morgan fingerprint density at radius 2 is 1.80 bits per heavy atom. The van der Waals surface area contributed by atoms with E-state index in [0.717, 1.165) is 11.8 Å². The molecule has 2 atom stereocenters. The van der Waals surface area contributed by atoms with Crippen molar-refractivity contribution in [3.05, 3.63) is 64.2 Å². The standard InChI is InChI=1S/C21H23NO7S/c1-3-13-28-21(25)19(24)20(30-17-8-6-5-7-16(17)22(26)27)14-9-11-15(12-10-14)29-18(23)4-2/h5-12,19-20,24H,3-4,13H2,1-2H3/t19-,20+/m1/s1. The quantitative estimate of drug-likeness (QED) is 0.196. The number of carbonyl (C=O) groups excluding carboxylic acids is 2. The van der Waals surface area contributed by atoms with Crippen LogP contribution in [0.4, 0.5) is 5.69 Å². The molecule has 8 nitrogen and oxygen atoms in total. The number of aliphatic hydroxyl groups is 1. The Morgan fingerprint density at radius 3 is 2.40 bits per heavy atom. The first-order valence-corrected chi connectivity index (χ1v) is 10.3. The van der Waals surface area contributed by atoms with Crippen molar-refractivity contribution in [1.82, 2.24) is 0 Å². The van der Waals surface area contributed by atoms with Crippen LogP contribution in [0.5, 0.6) is 5.75 Å². The highest BCUT2D eigenvalue weighted by atomic mass is 32.2. The average molecular weight is 433 g/mol. The zero-order valence-electron chi connectivity index (χ0n) is 16.6. The van der Waals surface area contributed by atoms with Crippen molar-refractivity contribution in [3.8, 4) is 5.75 Å². The van der Waals surface area contributed by atoms with E-state index in [2.05, 4.69) is 0 Å². The second-order valence-corrected chi connectivity index (χ2v) is 7.46. The fraction of sp³-hybridized carbons (Fsp3) is 0.333. The number of rotatable bonds is 10. The monoisotopic (exact) mass is 433 g/mol. The van der Waals surface area contributed by atoms with Gasteiger partial charge in [-0.25, -0.2) is 4.79 Å². The summed E-state index contributed by atoms with van der Waals surface area (Å²) >= 11 is 0.991. The van der Waals surface area contributed by atoms with Crippen LogP contribution in [0.15, 0.2) is 53.4 Å². The van der Waals surface area contributed by atoms with E-state index in [1.807, 2.05) is 6.92 Å². The number of benzene rings is 2. The van der Waals surface area contributed by atoms with Crippen LogP contribution in [0.25, 0.3) is 0 Å². The largest absolute Gasteiger partial charge is 0.464 e. The van der Waals surface area contributed by atoms with Crippen molar-refractivity contribution in [2.75, 3.05) is 6.61 Å². The molecule has 1 N–H and O–H groups in total. The maximum atomic E-state index is 12.3.